The summed E-state index contributed by atoms with van der Waals surface area (Å²) in [6, 6.07) is 3.78. The lowest BCUT2D eigenvalue weighted by Gasteiger charge is -2.25. The molecule has 1 aliphatic carbocycles. The van der Waals surface area contributed by atoms with Gasteiger partial charge in [-0.2, -0.15) is 0 Å². The lowest BCUT2D eigenvalue weighted by molar-refractivity contribution is 0.0693. The Hall–Kier alpha value is -1.45. The van der Waals surface area contributed by atoms with Gasteiger partial charge in [0.2, 0.25) is 0 Å². The lowest BCUT2D eigenvalue weighted by atomic mass is 9.94. The second-order valence-corrected chi connectivity index (χ2v) is 10.0. The van der Waals surface area contributed by atoms with E-state index in [1.54, 1.807) is 0 Å². The predicted octanol–water partition coefficient (Wildman–Crippen LogP) is 7.65. The molecule has 1 aliphatic heterocycles. The van der Waals surface area contributed by atoms with Crippen molar-refractivity contribution in [2.45, 2.75) is 110 Å². The number of amides is 1. The van der Waals surface area contributed by atoms with Gasteiger partial charge in [0.15, 0.2) is 11.6 Å². The van der Waals surface area contributed by atoms with E-state index >= 15 is 0 Å². The molecule has 2 heterocycles. The molecule has 1 aromatic rings. The molecule has 2 fully saturated rings. The van der Waals surface area contributed by atoms with Crippen molar-refractivity contribution in [2.24, 2.45) is 11.8 Å². The fourth-order valence-electron chi connectivity index (χ4n) is 4.88. The number of carbonyl (C=O) groups excluding carboxylic acids is 1. The first kappa shape index (κ1) is 24.2. The lowest BCUT2D eigenvalue weighted by Crippen LogP contribution is -2.35. The molecule has 31 heavy (non-hydrogen) atoms. The monoisotopic (exact) mass is 430 g/mol. The van der Waals surface area contributed by atoms with Gasteiger partial charge in [-0.15, -0.1) is 0 Å². The molecule has 1 aromatic heterocycles. The molecule has 1 saturated carbocycles. The fourth-order valence-corrected chi connectivity index (χ4v) is 4.88. The van der Waals surface area contributed by atoms with Gasteiger partial charge in [0.1, 0.15) is 0 Å². The van der Waals surface area contributed by atoms with Crippen LogP contribution in [-0.4, -0.2) is 30.4 Å². The molecular formula is C27H46N2O2. The van der Waals surface area contributed by atoms with Gasteiger partial charge in [0, 0.05) is 25.7 Å². The number of unbranched alkanes of at least 4 members (excludes halogenated alkanes) is 6. The molecule has 0 bridgehead atoms. The number of nitrogens with zero attached hydrogens (tertiary/aromatic N) is 1. The van der Waals surface area contributed by atoms with Gasteiger partial charge in [-0.25, -0.2) is 0 Å². The number of piperidine rings is 1. The molecule has 1 N–H and O–H groups in total. The van der Waals surface area contributed by atoms with Gasteiger partial charge in [-0.1, -0.05) is 77.6 Å². The Bertz CT molecular complexity index is 617. The summed E-state index contributed by atoms with van der Waals surface area (Å²) in [5, 5.41) is 3.50. The van der Waals surface area contributed by atoms with Crippen molar-refractivity contribution in [3.05, 3.63) is 17.9 Å². The van der Waals surface area contributed by atoms with E-state index in [9.17, 15) is 4.79 Å². The van der Waals surface area contributed by atoms with Crippen molar-refractivity contribution < 1.29 is 9.21 Å². The summed E-state index contributed by atoms with van der Waals surface area (Å²) >= 11 is 0. The molecular weight excluding hydrogens is 384 g/mol. The Morgan fingerprint density at radius 3 is 2.42 bits per heavy atom. The van der Waals surface area contributed by atoms with E-state index in [4.69, 9.17) is 4.42 Å². The molecule has 1 atom stereocenters. The number of rotatable bonds is 16. The number of likely N-dealkylation sites (tertiary alicyclic amines) is 1. The first-order valence-electron chi connectivity index (χ1n) is 13.4. The molecule has 176 valence electrons. The standard InChI is InChI=1S/C27H46N2O2/c1-2-3-4-8-14-24(15-10-6-5-9-13-23-16-17-23)22-28-26-19-18-25(31-26)27(30)29-20-11-7-12-21-29/h18-19,23-24,28H,2-17,20-22H2,1H3. The summed E-state index contributed by atoms with van der Waals surface area (Å²) in [7, 11) is 0. The smallest absolute Gasteiger partial charge is 0.289 e. The number of carbonyl (C=O) groups is 1. The zero-order valence-electron chi connectivity index (χ0n) is 20.0. The highest BCUT2D eigenvalue weighted by Crippen LogP contribution is 2.34. The van der Waals surface area contributed by atoms with E-state index in [1.165, 1.54) is 89.9 Å². The molecule has 0 radical (unpaired) electrons. The van der Waals surface area contributed by atoms with E-state index in [-0.39, 0.29) is 5.91 Å². The summed E-state index contributed by atoms with van der Waals surface area (Å²) < 4.78 is 5.88. The maximum absolute atomic E-state index is 12.6. The van der Waals surface area contributed by atoms with Crippen LogP contribution in [0.15, 0.2) is 16.5 Å². The zero-order chi connectivity index (χ0) is 21.7. The van der Waals surface area contributed by atoms with Crippen molar-refractivity contribution in [3.8, 4) is 0 Å². The average molecular weight is 431 g/mol. The minimum atomic E-state index is 0.0510. The second-order valence-electron chi connectivity index (χ2n) is 10.0. The SMILES string of the molecule is CCCCCCC(CCCCCCC1CC1)CNc1ccc(C(=O)N2CCCCC2)o1. The van der Waals surface area contributed by atoms with Crippen LogP contribution >= 0.6 is 0 Å². The summed E-state index contributed by atoms with van der Waals surface area (Å²) in [5.74, 6) is 3.07. The first-order chi connectivity index (χ1) is 15.3. The Morgan fingerprint density at radius 2 is 1.71 bits per heavy atom. The Balaban J connectivity index is 1.38. The minimum Gasteiger partial charge on any atom is -0.436 e. The highest BCUT2D eigenvalue weighted by molar-refractivity contribution is 5.92. The van der Waals surface area contributed by atoms with Crippen LogP contribution in [0.2, 0.25) is 0 Å². The Kier molecular flexibility index (Phi) is 10.8. The topological polar surface area (TPSA) is 45.5 Å². The molecule has 3 rings (SSSR count). The molecule has 1 unspecified atom stereocenters. The van der Waals surface area contributed by atoms with Gasteiger partial charge in [-0.3, -0.25) is 4.79 Å². The molecule has 0 aromatic carbocycles. The molecule has 1 amide bonds. The highest BCUT2D eigenvalue weighted by Gasteiger charge is 2.21. The third-order valence-electron chi connectivity index (χ3n) is 7.16. The van der Waals surface area contributed by atoms with Gasteiger partial charge in [0.25, 0.3) is 5.91 Å². The van der Waals surface area contributed by atoms with Crippen molar-refractivity contribution in [1.29, 1.82) is 0 Å². The molecule has 1 saturated heterocycles. The normalized spacial score (nSPS) is 17.6. The third-order valence-corrected chi connectivity index (χ3v) is 7.16. The fraction of sp³-hybridized carbons (Fsp3) is 0.815. The third kappa shape index (κ3) is 9.29. The van der Waals surface area contributed by atoms with Crippen LogP contribution in [0.25, 0.3) is 0 Å². The van der Waals surface area contributed by atoms with E-state index < -0.39 is 0 Å². The second kappa shape index (κ2) is 13.9. The quantitative estimate of drug-likeness (QED) is 0.274. The molecule has 4 nitrogen and oxygen atoms in total. The average Bonchev–Trinajstić information content (AvgIpc) is 3.51. The number of hydrogen-bond acceptors (Lipinski definition) is 3. The van der Waals surface area contributed by atoms with E-state index in [2.05, 4.69) is 12.2 Å². The predicted molar refractivity (Wildman–Crippen MR) is 130 cm³/mol. The molecule has 2 aliphatic rings. The van der Waals surface area contributed by atoms with E-state index in [0.717, 1.165) is 44.3 Å². The Morgan fingerprint density at radius 1 is 1.00 bits per heavy atom. The maximum atomic E-state index is 12.6. The largest absolute Gasteiger partial charge is 0.436 e. The van der Waals surface area contributed by atoms with Gasteiger partial charge in [-0.05, 0) is 50.0 Å². The maximum Gasteiger partial charge on any atom is 0.289 e. The van der Waals surface area contributed by atoms with Crippen LogP contribution in [0.1, 0.15) is 120 Å². The summed E-state index contributed by atoms with van der Waals surface area (Å²) in [5.41, 5.74) is 0. The van der Waals surface area contributed by atoms with Crippen LogP contribution in [0.3, 0.4) is 0 Å². The number of nitrogens with one attached hydrogen (secondary N) is 1. The van der Waals surface area contributed by atoms with Crippen LogP contribution in [0.4, 0.5) is 5.88 Å². The van der Waals surface area contributed by atoms with Crippen LogP contribution in [0.5, 0.6) is 0 Å². The van der Waals surface area contributed by atoms with Gasteiger partial charge in [0.05, 0.1) is 0 Å². The number of hydrogen-bond donors (Lipinski definition) is 1. The summed E-state index contributed by atoms with van der Waals surface area (Å²) in [6.07, 6.45) is 21.4. The van der Waals surface area contributed by atoms with Crippen molar-refractivity contribution in [3.63, 3.8) is 0 Å². The van der Waals surface area contributed by atoms with Crippen LogP contribution in [-0.2, 0) is 0 Å². The summed E-state index contributed by atoms with van der Waals surface area (Å²) in [6.45, 7) is 4.96. The van der Waals surface area contributed by atoms with E-state index in [0.29, 0.717) is 11.7 Å². The minimum absolute atomic E-state index is 0.0510. The van der Waals surface area contributed by atoms with Gasteiger partial charge < -0.3 is 14.6 Å². The van der Waals surface area contributed by atoms with Crippen LogP contribution in [0, 0.1) is 11.8 Å². The van der Waals surface area contributed by atoms with Crippen molar-refractivity contribution in [2.75, 3.05) is 25.0 Å². The highest BCUT2D eigenvalue weighted by atomic mass is 16.4. The zero-order valence-corrected chi connectivity index (χ0v) is 20.0. The van der Waals surface area contributed by atoms with Gasteiger partial charge >= 0.3 is 0 Å². The van der Waals surface area contributed by atoms with Crippen LogP contribution < -0.4 is 5.32 Å². The molecule has 4 heteroatoms. The number of furan rings is 1. The first-order valence-corrected chi connectivity index (χ1v) is 13.4. The summed E-state index contributed by atoms with van der Waals surface area (Å²) in [4.78, 5) is 14.6. The van der Waals surface area contributed by atoms with Crippen molar-refractivity contribution in [1.82, 2.24) is 4.90 Å². The van der Waals surface area contributed by atoms with Crippen molar-refractivity contribution >= 4 is 11.8 Å². The Labute approximate surface area is 190 Å². The number of anilines is 1. The van der Waals surface area contributed by atoms with E-state index in [1.807, 2.05) is 17.0 Å². The molecule has 0 spiro atoms.